The lowest BCUT2D eigenvalue weighted by Gasteiger charge is -2.20. The van der Waals surface area contributed by atoms with Gasteiger partial charge in [-0.1, -0.05) is 48.5 Å². The van der Waals surface area contributed by atoms with E-state index in [2.05, 4.69) is 5.09 Å². The molecule has 0 aliphatic heterocycles. The third-order valence-corrected chi connectivity index (χ3v) is 4.78. The van der Waals surface area contributed by atoms with Crippen LogP contribution in [0.2, 0.25) is 0 Å². The summed E-state index contributed by atoms with van der Waals surface area (Å²) >= 11 is 0. The highest BCUT2D eigenvalue weighted by atomic mass is 31.2. The number of para-hydroxylation sites is 1. The fourth-order valence-corrected chi connectivity index (χ4v) is 3.51. The first-order valence-electron chi connectivity index (χ1n) is 7.53. The Balaban J connectivity index is 2.15. The Morgan fingerprint density at radius 2 is 1.70 bits per heavy atom. The zero-order valence-corrected chi connectivity index (χ0v) is 14.5. The van der Waals surface area contributed by atoms with Gasteiger partial charge in [-0.2, -0.15) is 0 Å². The molecular weight excluding hydrogens is 309 g/mol. The Hall–Kier alpha value is -2.03. The van der Waals surface area contributed by atoms with Crippen molar-refractivity contribution in [2.75, 3.05) is 11.7 Å². The maximum Gasteiger partial charge on any atom is 0.485 e. The molecule has 5 heteroatoms. The Kier molecular flexibility index (Phi) is 6.03. The van der Waals surface area contributed by atoms with E-state index in [-0.39, 0.29) is 6.61 Å². The minimum atomic E-state index is -3.47. The molecule has 0 aromatic heterocycles. The number of nitrogens with one attached hydrogen (secondary N) is 1. The molecule has 1 atom stereocenters. The van der Waals surface area contributed by atoms with Crippen molar-refractivity contribution in [3.05, 3.63) is 71.5 Å². The van der Waals surface area contributed by atoms with E-state index in [0.717, 1.165) is 22.4 Å². The lowest BCUT2D eigenvalue weighted by molar-refractivity contribution is 0.268. The third kappa shape index (κ3) is 4.98. The molecule has 0 saturated heterocycles. The van der Waals surface area contributed by atoms with Gasteiger partial charge in [-0.05, 0) is 43.5 Å². The highest BCUT2D eigenvalue weighted by Gasteiger charge is 2.25. The zero-order chi connectivity index (χ0) is 16.7. The van der Waals surface area contributed by atoms with E-state index in [9.17, 15) is 4.57 Å². The minimum Gasteiger partial charge on any atom is -0.417 e. The van der Waals surface area contributed by atoms with Crippen LogP contribution in [0.25, 0.3) is 6.08 Å². The van der Waals surface area contributed by atoms with Crippen molar-refractivity contribution >= 4 is 19.5 Å². The average Bonchev–Trinajstić information content (AvgIpc) is 2.53. The number of benzene rings is 2. The van der Waals surface area contributed by atoms with Gasteiger partial charge in [-0.25, -0.2) is 4.57 Å². The van der Waals surface area contributed by atoms with Crippen molar-refractivity contribution in [1.82, 2.24) is 0 Å². The second-order valence-electron chi connectivity index (χ2n) is 5.11. The molecule has 0 fully saturated rings. The second kappa shape index (κ2) is 8.00. The largest absolute Gasteiger partial charge is 0.485 e. The standard InChI is InChI=1S/C18H22NO3P/c1-4-21-23(20,19-18-15(2)9-8-10-16(18)3)22-14-13-17-11-6-5-7-12-17/h5-14H,4H2,1-3H3,(H,19,20)/b14-13-/t23-/m0/s1. The molecule has 0 heterocycles. The Morgan fingerprint density at radius 1 is 1.04 bits per heavy atom. The van der Waals surface area contributed by atoms with Crippen LogP contribution in [0.4, 0.5) is 5.69 Å². The van der Waals surface area contributed by atoms with Gasteiger partial charge in [0.2, 0.25) is 0 Å². The van der Waals surface area contributed by atoms with Crippen molar-refractivity contribution in [1.29, 1.82) is 0 Å². The van der Waals surface area contributed by atoms with Gasteiger partial charge in [0.25, 0.3) is 0 Å². The summed E-state index contributed by atoms with van der Waals surface area (Å²) in [6.45, 7) is 5.97. The Labute approximate surface area is 137 Å². The van der Waals surface area contributed by atoms with Crippen LogP contribution in [0.3, 0.4) is 0 Å². The molecule has 0 aliphatic rings. The Morgan fingerprint density at radius 3 is 2.30 bits per heavy atom. The third-order valence-electron chi connectivity index (χ3n) is 3.29. The molecular formula is C18H22NO3P. The van der Waals surface area contributed by atoms with E-state index in [1.165, 1.54) is 6.26 Å². The van der Waals surface area contributed by atoms with Gasteiger partial charge >= 0.3 is 7.75 Å². The molecule has 2 aromatic carbocycles. The normalized spacial score (nSPS) is 13.7. The number of rotatable bonds is 7. The smallest absolute Gasteiger partial charge is 0.417 e. The summed E-state index contributed by atoms with van der Waals surface area (Å²) in [5.74, 6) is 0. The van der Waals surface area contributed by atoms with Gasteiger partial charge in [0.15, 0.2) is 0 Å². The molecule has 0 saturated carbocycles. The predicted molar refractivity (Wildman–Crippen MR) is 95.3 cm³/mol. The van der Waals surface area contributed by atoms with Gasteiger partial charge in [0, 0.05) is 0 Å². The summed E-state index contributed by atoms with van der Waals surface area (Å²) in [7, 11) is -3.47. The maximum atomic E-state index is 12.9. The van der Waals surface area contributed by atoms with Crippen LogP contribution in [-0.2, 0) is 13.6 Å². The van der Waals surface area contributed by atoms with Crippen molar-refractivity contribution in [3.8, 4) is 0 Å². The van der Waals surface area contributed by atoms with E-state index in [1.807, 2.05) is 62.4 Å². The fraction of sp³-hybridized carbons (Fsp3) is 0.222. The topological polar surface area (TPSA) is 47.6 Å². The lowest BCUT2D eigenvalue weighted by Crippen LogP contribution is -2.05. The van der Waals surface area contributed by atoms with Gasteiger partial charge in [-0.3, -0.25) is 9.61 Å². The Bertz CT molecular complexity index is 693. The van der Waals surface area contributed by atoms with Gasteiger partial charge < -0.3 is 4.52 Å². The number of hydrogen-bond acceptors (Lipinski definition) is 3. The molecule has 0 spiro atoms. The van der Waals surface area contributed by atoms with Gasteiger partial charge in [0.05, 0.1) is 18.6 Å². The monoisotopic (exact) mass is 331 g/mol. The molecule has 2 rings (SSSR count). The quantitative estimate of drug-likeness (QED) is 0.534. The molecule has 0 amide bonds. The molecule has 0 radical (unpaired) electrons. The molecule has 2 aromatic rings. The van der Waals surface area contributed by atoms with Crippen LogP contribution < -0.4 is 5.09 Å². The van der Waals surface area contributed by atoms with Crippen molar-refractivity contribution < 1.29 is 13.6 Å². The first kappa shape index (κ1) is 17.3. The van der Waals surface area contributed by atoms with Crippen LogP contribution in [-0.4, -0.2) is 6.61 Å². The predicted octanol–water partition coefficient (Wildman–Crippen LogP) is 5.55. The zero-order valence-electron chi connectivity index (χ0n) is 13.7. The number of anilines is 1. The van der Waals surface area contributed by atoms with Crippen molar-refractivity contribution in [3.63, 3.8) is 0 Å². The lowest BCUT2D eigenvalue weighted by atomic mass is 10.1. The van der Waals surface area contributed by atoms with Crippen LogP contribution in [0.5, 0.6) is 0 Å². The van der Waals surface area contributed by atoms with Crippen LogP contribution >= 0.6 is 7.75 Å². The molecule has 0 bridgehead atoms. The van der Waals surface area contributed by atoms with E-state index in [4.69, 9.17) is 9.05 Å². The number of aryl methyl sites for hydroxylation is 2. The fourth-order valence-electron chi connectivity index (χ4n) is 2.14. The van der Waals surface area contributed by atoms with E-state index in [0.29, 0.717) is 0 Å². The summed E-state index contributed by atoms with van der Waals surface area (Å²) in [5.41, 5.74) is 3.71. The van der Waals surface area contributed by atoms with Gasteiger partial charge in [0.1, 0.15) is 0 Å². The van der Waals surface area contributed by atoms with Crippen LogP contribution in [0.15, 0.2) is 54.8 Å². The van der Waals surface area contributed by atoms with Crippen molar-refractivity contribution in [2.24, 2.45) is 0 Å². The SMILES string of the molecule is CCO[P@@](=O)(Nc1c(C)cccc1C)O/C=C\c1ccccc1. The average molecular weight is 331 g/mol. The van der Waals surface area contributed by atoms with E-state index < -0.39 is 7.75 Å². The van der Waals surface area contributed by atoms with Gasteiger partial charge in [-0.15, -0.1) is 0 Å². The maximum absolute atomic E-state index is 12.9. The summed E-state index contributed by atoms with van der Waals surface area (Å²) in [4.78, 5) is 0. The molecule has 1 N–H and O–H groups in total. The van der Waals surface area contributed by atoms with Crippen molar-refractivity contribution in [2.45, 2.75) is 20.8 Å². The summed E-state index contributed by atoms with van der Waals surface area (Å²) in [5, 5.41) is 2.94. The molecule has 0 aliphatic carbocycles. The summed E-state index contributed by atoms with van der Waals surface area (Å²) < 4.78 is 23.7. The summed E-state index contributed by atoms with van der Waals surface area (Å²) in [6, 6.07) is 15.5. The highest BCUT2D eigenvalue weighted by molar-refractivity contribution is 7.55. The first-order valence-corrected chi connectivity index (χ1v) is 9.07. The molecule has 0 unspecified atom stereocenters. The van der Waals surface area contributed by atoms with Crippen LogP contribution in [0, 0.1) is 13.8 Å². The first-order chi connectivity index (χ1) is 11.0. The van der Waals surface area contributed by atoms with E-state index in [1.54, 1.807) is 13.0 Å². The second-order valence-corrected chi connectivity index (χ2v) is 6.80. The van der Waals surface area contributed by atoms with E-state index >= 15 is 0 Å². The molecule has 23 heavy (non-hydrogen) atoms. The summed E-state index contributed by atoms with van der Waals surface area (Å²) in [6.07, 6.45) is 3.16. The highest BCUT2D eigenvalue weighted by Crippen LogP contribution is 2.49. The molecule has 122 valence electrons. The minimum absolute atomic E-state index is 0.286. The molecule has 4 nitrogen and oxygen atoms in total. The number of hydrogen-bond donors (Lipinski definition) is 1. The van der Waals surface area contributed by atoms with Crippen LogP contribution in [0.1, 0.15) is 23.6 Å².